The topological polar surface area (TPSA) is 96.4 Å². The van der Waals surface area contributed by atoms with Gasteiger partial charge in [-0.15, -0.1) is 0 Å². The first-order valence-corrected chi connectivity index (χ1v) is 12.3. The molecule has 0 aliphatic carbocycles. The van der Waals surface area contributed by atoms with E-state index in [1.807, 2.05) is 30.3 Å². The molecule has 0 atom stereocenters. The fraction of sp³-hybridized carbons (Fsp3) is 0.250. The summed E-state index contributed by atoms with van der Waals surface area (Å²) in [4.78, 5) is 35.3. The minimum absolute atomic E-state index is 0.118. The van der Waals surface area contributed by atoms with Crippen LogP contribution in [0.2, 0.25) is 0 Å². The van der Waals surface area contributed by atoms with E-state index in [0.717, 1.165) is 52.3 Å². The number of halogens is 1. The fourth-order valence-corrected chi connectivity index (χ4v) is 4.77. The van der Waals surface area contributed by atoms with Crippen molar-refractivity contribution in [1.82, 2.24) is 19.9 Å². The number of hydrogen-bond acceptors (Lipinski definition) is 7. The molecule has 3 aromatic heterocycles. The lowest BCUT2D eigenvalue weighted by atomic mass is 10.0. The number of Topliss-reactive ketones (excluding diaryl/α,β-unsaturated/α-hetero) is 1. The summed E-state index contributed by atoms with van der Waals surface area (Å²) >= 11 is 0. The second-order valence-corrected chi connectivity index (χ2v) is 9.20. The van der Waals surface area contributed by atoms with E-state index in [-0.39, 0.29) is 5.78 Å². The predicted octanol–water partition coefficient (Wildman–Crippen LogP) is 3.93. The Labute approximate surface area is 213 Å². The first-order chi connectivity index (χ1) is 18.1. The predicted molar refractivity (Wildman–Crippen MR) is 139 cm³/mol. The number of carbonyl (C=O) groups is 1. The number of allylic oxidation sites excluding steroid dienone is 1. The zero-order valence-electron chi connectivity index (χ0n) is 20.2. The van der Waals surface area contributed by atoms with Crippen LogP contribution in [0.1, 0.15) is 17.5 Å². The molecule has 186 valence electrons. The summed E-state index contributed by atoms with van der Waals surface area (Å²) in [6.07, 6.45) is 5.55. The van der Waals surface area contributed by atoms with Gasteiger partial charge in [-0.3, -0.25) is 9.79 Å². The number of carbonyl (C=O) groups excluding carboxylic acids is 1. The second kappa shape index (κ2) is 10.0. The number of aliphatic imine (C=N–C) groups is 1. The lowest BCUT2D eigenvalue weighted by molar-refractivity contribution is -0.117. The third-order valence-corrected chi connectivity index (χ3v) is 6.62. The number of ketones is 1. The van der Waals surface area contributed by atoms with E-state index in [2.05, 4.69) is 35.9 Å². The van der Waals surface area contributed by atoms with Crippen LogP contribution < -0.4 is 4.90 Å². The highest BCUT2D eigenvalue weighted by molar-refractivity contribution is 6.10. The summed E-state index contributed by atoms with van der Waals surface area (Å²) in [5, 5.41) is 0.986. The Morgan fingerprint density at radius 3 is 2.65 bits per heavy atom. The molecular formula is C28H25FN6O2. The van der Waals surface area contributed by atoms with Gasteiger partial charge in [0, 0.05) is 49.5 Å². The fourth-order valence-electron chi connectivity index (χ4n) is 4.77. The van der Waals surface area contributed by atoms with Gasteiger partial charge in [-0.25, -0.2) is 15.0 Å². The molecule has 0 radical (unpaired) electrons. The third-order valence-electron chi connectivity index (χ3n) is 6.62. The Morgan fingerprint density at radius 2 is 1.84 bits per heavy atom. The van der Waals surface area contributed by atoms with Crippen molar-refractivity contribution >= 4 is 28.3 Å². The van der Waals surface area contributed by atoms with Crippen LogP contribution in [-0.2, 0) is 16.0 Å². The second-order valence-electron chi connectivity index (χ2n) is 9.20. The molecule has 8 nitrogen and oxygen atoms in total. The number of benzene rings is 1. The average Bonchev–Trinajstić information content (AvgIpc) is 3.57. The monoisotopic (exact) mass is 496 g/mol. The van der Waals surface area contributed by atoms with Crippen LogP contribution in [0.15, 0.2) is 71.6 Å². The molecule has 1 aromatic carbocycles. The van der Waals surface area contributed by atoms with Crippen molar-refractivity contribution in [2.45, 2.75) is 12.8 Å². The number of rotatable bonds is 7. The largest absolute Gasteiger partial charge is 0.378 e. The van der Waals surface area contributed by atoms with Gasteiger partial charge in [0.1, 0.15) is 23.6 Å². The maximum absolute atomic E-state index is 13.4. The molecule has 2 aliphatic heterocycles. The summed E-state index contributed by atoms with van der Waals surface area (Å²) in [6, 6.07) is 13.2. The quantitative estimate of drug-likeness (QED) is 0.390. The van der Waals surface area contributed by atoms with Crippen LogP contribution in [0.3, 0.4) is 0 Å². The summed E-state index contributed by atoms with van der Waals surface area (Å²) in [6.45, 7) is 3.46. The Hall–Kier alpha value is -4.24. The molecule has 0 amide bonds. The maximum atomic E-state index is 13.4. The van der Waals surface area contributed by atoms with Gasteiger partial charge in [0.2, 0.25) is 5.95 Å². The van der Waals surface area contributed by atoms with Gasteiger partial charge in [0.05, 0.1) is 30.9 Å². The Kier molecular flexibility index (Phi) is 6.28. The number of pyridine rings is 1. The molecule has 5 heterocycles. The van der Waals surface area contributed by atoms with E-state index in [1.165, 1.54) is 12.3 Å². The molecule has 1 fully saturated rings. The summed E-state index contributed by atoms with van der Waals surface area (Å²) in [7, 11) is 0. The van der Waals surface area contributed by atoms with E-state index in [9.17, 15) is 9.18 Å². The first kappa shape index (κ1) is 23.2. The number of aromatic amines is 1. The Bertz CT molecular complexity index is 1520. The standard InChI is InChI=1S/C28H25FN6O2/c29-26-14-21(5-6-30-26)24-13-19(16-31-24)12-22(36)11-18-1-3-20(4-2-18)25-15-23-27(34-25)32-17-33-28(23)35-7-9-37-10-8-35/h1-6,13-15,17H,7-12,16H2,(H,32,33,34). The Morgan fingerprint density at radius 1 is 1.00 bits per heavy atom. The van der Waals surface area contributed by atoms with Crippen molar-refractivity contribution in [1.29, 1.82) is 0 Å². The molecule has 4 aromatic rings. The van der Waals surface area contributed by atoms with Crippen LogP contribution >= 0.6 is 0 Å². The SMILES string of the molecule is O=C(CC1=CC(c2ccnc(F)c2)=NC1)Cc1ccc(-c2cc3c(N4CCOCC4)ncnc3[nH]2)cc1. The minimum Gasteiger partial charge on any atom is -0.378 e. The van der Waals surface area contributed by atoms with Crippen molar-refractivity contribution in [3.63, 3.8) is 0 Å². The normalized spacial score (nSPS) is 15.6. The van der Waals surface area contributed by atoms with Crippen molar-refractivity contribution in [3.05, 3.63) is 83.7 Å². The van der Waals surface area contributed by atoms with Gasteiger partial charge in [0.25, 0.3) is 0 Å². The number of fused-ring (bicyclic) bond motifs is 1. The zero-order valence-corrected chi connectivity index (χ0v) is 20.2. The van der Waals surface area contributed by atoms with E-state index >= 15 is 0 Å². The molecule has 1 N–H and O–H groups in total. The summed E-state index contributed by atoms with van der Waals surface area (Å²) in [5.74, 6) is 0.493. The van der Waals surface area contributed by atoms with Crippen molar-refractivity contribution in [2.24, 2.45) is 4.99 Å². The number of H-pyrrole nitrogens is 1. The van der Waals surface area contributed by atoms with E-state index in [1.54, 1.807) is 12.4 Å². The molecule has 37 heavy (non-hydrogen) atoms. The highest BCUT2D eigenvalue weighted by Crippen LogP contribution is 2.29. The van der Waals surface area contributed by atoms with E-state index in [0.29, 0.717) is 43.9 Å². The first-order valence-electron chi connectivity index (χ1n) is 12.3. The minimum atomic E-state index is -0.542. The number of ether oxygens (including phenoxy) is 1. The summed E-state index contributed by atoms with van der Waals surface area (Å²) in [5.41, 5.74) is 6.02. The number of nitrogens with zero attached hydrogens (tertiary/aromatic N) is 5. The van der Waals surface area contributed by atoms with Gasteiger partial charge in [-0.05, 0) is 34.9 Å². The van der Waals surface area contributed by atoms with E-state index < -0.39 is 5.95 Å². The molecule has 0 spiro atoms. The van der Waals surface area contributed by atoms with Gasteiger partial charge in [-0.2, -0.15) is 4.39 Å². The van der Waals surface area contributed by atoms with Crippen LogP contribution in [-0.4, -0.2) is 64.3 Å². The highest BCUT2D eigenvalue weighted by Gasteiger charge is 2.18. The van der Waals surface area contributed by atoms with Crippen molar-refractivity contribution in [3.8, 4) is 11.3 Å². The van der Waals surface area contributed by atoms with Crippen LogP contribution in [0, 0.1) is 5.95 Å². The molecule has 0 unspecified atom stereocenters. The van der Waals surface area contributed by atoms with E-state index in [4.69, 9.17) is 4.74 Å². The number of nitrogens with one attached hydrogen (secondary N) is 1. The molecule has 2 aliphatic rings. The number of hydrogen-bond donors (Lipinski definition) is 1. The lowest BCUT2D eigenvalue weighted by Gasteiger charge is -2.27. The molecule has 1 saturated heterocycles. The Balaban J connectivity index is 1.12. The average molecular weight is 497 g/mol. The maximum Gasteiger partial charge on any atom is 0.213 e. The lowest BCUT2D eigenvalue weighted by Crippen LogP contribution is -2.36. The van der Waals surface area contributed by atoms with Crippen LogP contribution in [0.4, 0.5) is 10.2 Å². The van der Waals surface area contributed by atoms with Crippen LogP contribution in [0.25, 0.3) is 22.3 Å². The number of morpholine rings is 1. The van der Waals surface area contributed by atoms with Gasteiger partial charge in [-0.1, -0.05) is 24.3 Å². The third kappa shape index (κ3) is 5.03. The molecular weight excluding hydrogens is 471 g/mol. The van der Waals surface area contributed by atoms with Crippen molar-refractivity contribution < 1.29 is 13.9 Å². The number of aromatic nitrogens is 4. The summed E-state index contributed by atoms with van der Waals surface area (Å²) < 4.78 is 18.9. The van der Waals surface area contributed by atoms with Crippen LogP contribution in [0.5, 0.6) is 0 Å². The van der Waals surface area contributed by atoms with Gasteiger partial charge in [0.15, 0.2) is 0 Å². The molecule has 0 saturated carbocycles. The smallest absolute Gasteiger partial charge is 0.213 e. The van der Waals surface area contributed by atoms with Crippen molar-refractivity contribution in [2.75, 3.05) is 37.7 Å². The zero-order chi connectivity index (χ0) is 25.2. The van der Waals surface area contributed by atoms with Gasteiger partial charge < -0.3 is 14.6 Å². The molecule has 0 bridgehead atoms. The highest BCUT2D eigenvalue weighted by atomic mass is 19.1. The molecule has 6 rings (SSSR count). The van der Waals surface area contributed by atoms with Gasteiger partial charge >= 0.3 is 0 Å². The number of anilines is 1. The molecule has 9 heteroatoms.